The molecule has 104 valence electrons. The topological polar surface area (TPSA) is 38.8 Å². The van der Waals surface area contributed by atoms with Crippen LogP contribution >= 0.6 is 0 Å². The van der Waals surface area contributed by atoms with Crippen molar-refractivity contribution in [2.45, 2.75) is 26.1 Å². The highest BCUT2D eigenvalue weighted by Gasteiger charge is 2.24. The van der Waals surface area contributed by atoms with Crippen LogP contribution in [0.1, 0.15) is 27.9 Å². The smallest absolute Gasteiger partial charge is 0.254 e. The molecule has 1 aromatic rings. The van der Waals surface area contributed by atoms with E-state index in [1.165, 1.54) is 0 Å². The average Bonchev–Trinajstić information content (AvgIpc) is 2.57. The number of benzene rings is 1. The van der Waals surface area contributed by atoms with E-state index in [2.05, 4.69) is 12.1 Å². The molecule has 1 aliphatic rings. The molecule has 0 radical (unpaired) electrons. The van der Waals surface area contributed by atoms with Crippen LogP contribution in [0.4, 0.5) is 0 Å². The number of fused-ring (bicyclic) bond motifs is 1. The Morgan fingerprint density at radius 1 is 1.32 bits per heavy atom. The third-order valence-corrected chi connectivity index (χ3v) is 3.55. The van der Waals surface area contributed by atoms with Gasteiger partial charge in [-0.1, -0.05) is 17.7 Å². The summed E-state index contributed by atoms with van der Waals surface area (Å²) in [5.41, 5.74) is 3.08. The van der Waals surface area contributed by atoms with Crippen molar-refractivity contribution in [2.75, 3.05) is 27.3 Å². The van der Waals surface area contributed by atoms with Crippen molar-refractivity contribution >= 4 is 5.91 Å². The highest BCUT2D eigenvalue weighted by Crippen LogP contribution is 2.20. The van der Waals surface area contributed by atoms with E-state index < -0.39 is 0 Å². The minimum Gasteiger partial charge on any atom is -0.354 e. The van der Waals surface area contributed by atoms with E-state index >= 15 is 0 Å². The van der Waals surface area contributed by atoms with E-state index in [1.54, 1.807) is 14.2 Å². The quantitative estimate of drug-likeness (QED) is 0.780. The minimum absolute atomic E-state index is 0.0790. The van der Waals surface area contributed by atoms with Crippen molar-refractivity contribution in [1.82, 2.24) is 4.90 Å². The summed E-state index contributed by atoms with van der Waals surface area (Å²) in [5.74, 6) is 0.0790. The lowest BCUT2D eigenvalue weighted by atomic mass is 10.0. The van der Waals surface area contributed by atoms with Gasteiger partial charge in [0.25, 0.3) is 5.91 Å². The van der Waals surface area contributed by atoms with E-state index in [4.69, 9.17) is 9.47 Å². The van der Waals surface area contributed by atoms with Gasteiger partial charge in [-0.25, -0.2) is 0 Å². The molecule has 0 aliphatic carbocycles. The van der Waals surface area contributed by atoms with Crippen LogP contribution in [0, 0.1) is 6.92 Å². The summed E-state index contributed by atoms with van der Waals surface area (Å²) in [6.07, 6.45) is 1.56. The maximum atomic E-state index is 12.6. The predicted molar refractivity (Wildman–Crippen MR) is 73.2 cm³/mol. The van der Waals surface area contributed by atoms with Crippen LogP contribution in [0.25, 0.3) is 0 Å². The van der Waals surface area contributed by atoms with Crippen LogP contribution in [-0.2, 0) is 15.9 Å². The number of nitrogens with zero attached hydrogens (tertiary/aromatic N) is 1. The summed E-state index contributed by atoms with van der Waals surface area (Å²) in [6.45, 7) is 3.23. The third kappa shape index (κ3) is 3.14. The fourth-order valence-electron chi connectivity index (χ4n) is 2.44. The lowest BCUT2D eigenvalue weighted by molar-refractivity contribution is -0.112. The first-order valence-corrected chi connectivity index (χ1v) is 6.60. The number of carbonyl (C=O) groups excluding carboxylic acids is 1. The molecule has 4 nitrogen and oxygen atoms in total. The first-order valence-electron chi connectivity index (χ1n) is 6.60. The molecule has 1 heterocycles. The monoisotopic (exact) mass is 263 g/mol. The van der Waals surface area contributed by atoms with Crippen LogP contribution in [0.5, 0.6) is 0 Å². The van der Waals surface area contributed by atoms with Crippen LogP contribution in [0.2, 0.25) is 0 Å². The number of ether oxygens (including phenoxy) is 2. The molecule has 0 N–H and O–H groups in total. The summed E-state index contributed by atoms with van der Waals surface area (Å²) in [6, 6.07) is 6.11. The van der Waals surface area contributed by atoms with E-state index in [0.717, 1.165) is 36.1 Å². The van der Waals surface area contributed by atoms with Crippen molar-refractivity contribution in [1.29, 1.82) is 0 Å². The van der Waals surface area contributed by atoms with Crippen LogP contribution in [0.15, 0.2) is 18.2 Å². The van der Waals surface area contributed by atoms with Crippen LogP contribution < -0.4 is 0 Å². The van der Waals surface area contributed by atoms with E-state index in [-0.39, 0.29) is 12.2 Å². The van der Waals surface area contributed by atoms with E-state index in [1.807, 2.05) is 17.9 Å². The Kier molecular flexibility index (Phi) is 4.56. The zero-order valence-corrected chi connectivity index (χ0v) is 11.8. The number of hydrogen-bond acceptors (Lipinski definition) is 3. The number of hydrogen-bond donors (Lipinski definition) is 0. The summed E-state index contributed by atoms with van der Waals surface area (Å²) in [4.78, 5) is 14.4. The van der Waals surface area contributed by atoms with E-state index in [9.17, 15) is 4.79 Å². The van der Waals surface area contributed by atoms with Gasteiger partial charge >= 0.3 is 0 Å². The van der Waals surface area contributed by atoms with Crippen molar-refractivity contribution in [3.05, 3.63) is 34.9 Å². The molecule has 0 bridgehead atoms. The molecule has 0 saturated heterocycles. The summed E-state index contributed by atoms with van der Waals surface area (Å²) < 4.78 is 10.4. The second-order valence-corrected chi connectivity index (χ2v) is 4.92. The van der Waals surface area contributed by atoms with E-state index in [0.29, 0.717) is 6.54 Å². The molecule has 0 spiro atoms. The fourth-order valence-corrected chi connectivity index (χ4v) is 2.44. The highest BCUT2D eigenvalue weighted by atomic mass is 16.7. The number of methoxy groups -OCH3 is 2. The van der Waals surface area contributed by atoms with Crippen molar-refractivity contribution in [3.8, 4) is 0 Å². The van der Waals surface area contributed by atoms with Gasteiger partial charge < -0.3 is 14.4 Å². The second-order valence-electron chi connectivity index (χ2n) is 4.92. The maximum absolute atomic E-state index is 12.6. The van der Waals surface area contributed by atoms with Gasteiger partial charge in [-0.3, -0.25) is 4.79 Å². The highest BCUT2D eigenvalue weighted by molar-refractivity contribution is 5.96. The minimum atomic E-state index is -0.365. The first-order chi connectivity index (χ1) is 9.15. The van der Waals surface area contributed by atoms with Gasteiger partial charge in [-0.15, -0.1) is 0 Å². The molecular formula is C15H21NO3. The van der Waals surface area contributed by atoms with Gasteiger partial charge in [-0.2, -0.15) is 0 Å². The largest absolute Gasteiger partial charge is 0.354 e. The fraction of sp³-hybridized carbons (Fsp3) is 0.533. The molecule has 4 heteroatoms. The van der Waals surface area contributed by atoms with Gasteiger partial charge in [0, 0.05) is 26.3 Å². The van der Waals surface area contributed by atoms with Gasteiger partial charge in [0.1, 0.15) is 0 Å². The molecule has 0 atom stereocenters. The van der Waals surface area contributed by atoms with Crippen molar-refractivity contribution < 1.29 is 14.3 Å². The number of amides is 1. The Balaban J connectivity index is 2.22. The number of rotatable bonds is 4. The molecule has 1 aromatic carbocycles. The lowest BCUT2D eigenvalue weighted by Gasteiger charge is -2.25. The SMILES string of the molecule is COC(CN1CCCc2ccc(C)cc2C1=O)OC. The standard InChI is InChI=1S/C15H21NO3/c1-11-6-7-12-5-4-8-16(10-14(18-2)19-3)15(17)13(12)9-11/h6-7,9,14H,4-5,8,10H2,1-3H3. The van der Waals surface area contributed by atoms with Gasteiger partial charge in [0.2, 0.25) is 0 Å². The Hall–Kier alpha value is -1.39. The molecule has 1 aliphatic heterocycles. The average molecular weight is 263 g/mol. The molecule has 1 amide bonds. The molecule has 0 fully saturated rings. The molecular weight excluding hydrogens is 242 g/mol. The summed E-state index contributed by atoms with van der Waals surface area (Å²) in [5, 5.41) is 0. The van der Waals surface area contributed by atoms with Crippen LogP contribution in [-0.4, -0.2) is 44.4 Å². The molecule has 19 heavy (non-hydrogen) atoms. The van der Waals surface area contributed by atoms with Gasteiger partial charge in [0.15, 0.2) is 6.29 Å². The number of carbonyl (C=O) groups is 1. The lowest BCUT2D eigenvalue weighted by Crippen LogP contribution is -2.39. The molecule has 0 saturated carbocycles. The Labute approximate surface area is 114 Å². The predicted octanol–water partition coefficient (Wildman–Crippen LogP) is 2.00. The van der Waals surface area contributed by atoms with Crippen molar-refractivity contribution in [2.24, 2.45) is 0 Å². The number of aryl methyl sites for hydroxylation is 2. The Morgan fingerprint density at radius 2 is 2.05 bits per heavy atom. The zero-order valence-electron chi connectivity index (χ0n) is 11.8. The van der Waals surface area contributed by atoms with Crippen molar-refractivity contribution in [3.63, 3.8) is 0 Å². The maximum Gasteiger partial charge on any atom is 0.254 e. The van der Waals surface area contributed by atoms with Gasteiger partial charge in [0.05, 0.1) is 6.54 Å². The Morgan fingerprint density at radius 3 is 2.74 bits per heavy atom. The summed E-state index contributed by atoms with van der Waals surface area (Å²) in [7, 11) is 3.18. The zero-order chi connectivity index (χ0) is 13.8. The van der Waals surface area contributed by atoms with Gasteiger partial charge in [-0.05, 0) is 31.4 Å². The first kappa shape index (κ1) is 14.0. The van der Waals surface area contributed by atoms with Crippen LogP contribution in [0.3, 0.4) is 0 Å². The molecule has 0 unspecified atom stereocenters. The third-order valence-electron chi connectivity index (χ3n) is 3.55. The second kappa shape index (κ2) is 6.17. The summed E-state index contributed by atoms with van der Waals surface area (Å²) >= 11 is 0. The normalized spacial score (nSPS) is 15.6. The molecule has 2 rings (SSSR count). The molecule has 0 aromatic heterocycles. The Bertz CT molecular complexity index is 455.